The van der Waals surface area contributed by atoms with E-state index in [1.54, 1.807) is 29.1 Å². The molecule has 0 saturated carbocycles. The summed E-state index contributed by atoms with van der Waals surface area (Å²) < 4.78 is 20.7. The Hall–Kier alpha value is -0.800. The van der Waals surface area contributed by atoms with Gasteiger partial charge >= 0.3 is 0 Å². The van der Waals surface area contributed by atoms with Crippen molar-refractivity contribution in [2.75, 3.05) is 6.54 Å². The molecule has 106 valence electrons. The molecule has 0 saturated heterocycles. The second-order valence-corrected chi connectivity index (χ2v) is 8.84. The van der Waals surface area contributed by atoms with Crippen LogP contribution in [0.15, 0.2) is 64.2 Å². The van der Waals surface area contributed by atoms with Crippen LogP contribution >= 0.6 is 33.8 Å². The third-order valence-electron chi connectivity index (χ3n) is 2.71. The van der Waals surface area contributed by atoms with Gasteiger partial charge in [-0.3, -0.25) is 4.57 Å². The Morgan fingerprint density at radius 1 is 1.30 bits per heavy atom. The third kappa shape index (κ3) is 3.86. The zero-order chi connectivity index (χ0) is 14.6. The van der Waals surface area contributed by atoms with E-state index in [-0.39, 0.29) is 0 Å². The van der Waals surface area contributed by atoms with E-state index < -0.39 is 6.65 Å². The first-order valence-electron chi connectivity index (χ1n) is 5.96. The van der Waals surface area contributed by atoms with E-state index in [0.717, 1.165) is 0 Å². The summed E-state index contributed by atoms with van der Waals surface area (Å²) >= 11 is 9.66. The second-order valence-electron chi connectivity index (χ2n) is 4.26. The van der Waals surface area contributed by atoms with Gasteiger partial charge in [-0.15, -0.1) is 0 Å². The Morgan fingerprint density at radius 2 is 2.00 bits per heavy atom. The van der Waals surface area contributed by atoms with Crippen LogP contribution in [0.1, 0.15) is 5.76 Å². The third-order valence-corrected chi connectivity index (χ3v) is 6.13. The highest BCUT2D eigenvalue weighted by molar-refractivity contribution is 9.11. The number of nitrogens with zero attached hydrogens (tertiary/aromatic N) is 1. The quantitative estimate of drug-likeness (QED) is 0.684. The minimum atomic E-state index is -3.20. The molecule has 2 rings (SSSR count). The van der Waals surface area contributed by atoms with Crippen LogP contribution < -0.4 is 5.30 Å². The second kappa shape index (κ2) is 6.77. The van der Waals surface area contributed by atoms with E-state index in [9.17, 15) is 4.57 Å². The number of furan rings is 1. The van der Waals surface area contributed by atoms with Gasteiger partial charge in [0.2, 0.25) is 0 Å². The molecule has 1 aromatic heterocycles. The van der Waals surface area contributed by atoms with Gasteiger partial charge in [-0.1, -0.05) is 40.7 Å². The van der Waals surface area contributed by atoms with E-state index in [0.29, 0.717) is 28.6 Å². The monoisotopic (exact) mass is 373 g/mol. The van der Waals surface area contributed by atoms with Crippen LogP contribution in [0.5, 0.6) is 0 Å². The molecule has 1 unspecified atom stereocenters. The largest absolute Gasteiger partial charge is 0.468 e. The summed E-state index contributed by atoms with van der Waals surface area (Å²) in [6, 6.07) is 12.6. The fourth-order valence-electron chi connectivity index (χ4n) is 1.79. The maximum atomic E-state index is 13.0. The molecule has 1 atom stereocenters. The van der Waals surface area contributed by atoms with Crippen molar-refractivity contribution in [3.05, 3.63) is 65.5 Å². The fourth-order valence-corrected chi connectivity index (χ4v) is 4.49. The van der Waals surface area contributed by atoms with Gasteiger partial charge in [0.1, 0.15) is 5.76 Å². The van der Waals surface area contributed by atoms with E-state index >= 15 is 0 Å². The molecule has 0 spiro atoms. The summed E-state index contributed by atoms with van der Waals surface area (Å²) in [5, 5.41) is 0.599. The zero-order valence-electron chi connectivity index (χ0n) is 10.7. The number of hydrogen-bond acceptors (Lipinski definition) is 2. The first-order chi connectivity index (χ1) is 9.50. The van der Waals surface area contributed by atoms with Crippen molar-refractivity contribution in [2.45, 2.75) is 6.54 Å². The molecule has 1 heterocycles. The number of hydrogen-bond donors (Lipinski definition) is 0. The first-order valence-corrected chi connectivity index (χ1v) is 9.32. The van der Waals surface area contributed by atoms with Crippen molar-refractivity contribution >= 4 is 39.1 Å². The van der Waals surface area contributed by atoms with Crippen LogP contribution in [0.25, 0.3) is 0 Å². The van der Waals surface area contributed by atoms with E-state index in [1.807, 2.05) is 24.3 Å². The standard InChI is InChI=1S/C14H14BrClNO2P/c1-12(15)10-17(11-13-6-5-9-19-13)20(16,18)14-7-3-2-4-8-14/h2-9H,1,10-11H2. The summed E-state index contributed by atoms with van der Waals surface area (Å²) in [4.78, 5) is 0. The van der Waals surface area contributed by atoms with Crippen molar-refractivity contribution in [3.63, 3.8) is 0 Å². The molecule has 3 nitrogen and oxygen atoms in total. The molecule has 20 heavy (non-hydrogen) atoms. The molecule has 0 aliphatic heterocycles. The summed E-state index contributed by atoms with van der Waals surface area (Å²) in [6.07, 6.45) is 1.58. The normalized spacial score (nSPS) is 14.2. The maximum Gasteiger partial charge on any atom is 0.264 e. The lowest BCUT2D eigenvalue weighted by Gasteiger charge is -2.26. The van der Waals surface area contributed by atoms with Gasteiger partial charge in [0.05, 0.1) is 12.8 Å². The predicted molar refractivity (Wildman–Crippen MR) is 86.7 cm³/mol. The number of rotatable bonds is 6. The molecular weight excluding hydrogens is 360 g/mol. The molecule has 0 amide bonds. The number of halogens is 2. The highest BCUT2D eigenvalue weighted by Crippen LogP contribution is 2.54. The van der Waals surface area contributed by atoms with Crippen LogP contribution in [0.4, 0.5) is 0 Å². The molecule has 0 bridgehead atoms. The highest BCUT2D eigenvalue weighted by atomic mass is 79.9. The maximum absolute atomic E-state index is 13.0. The van der Waals surface area contributed by atoms with Gasteiger partial charge < -0.3 is 4.42 Å². The van der Waals surface area contributed by atoms with Crippen molar-refractivity contribution in [2.24, 2.45) is 0 Å². The Morgan fingerprint density at radius 3 is 2.55 bits per heavy atom. The summed E-state index contributed by atoms with van der Waals surface area (Å²) in [6.45, 7) is 1.33. The van der Waals surface area contributed by atoms with Crippen LogP contribution in [0.3, 0.4) is 0 Å². The fraction of sp³-hybridized carbons (Fsp3) is 0.143. The van der Waals surface area contributed by atoms with Gasteiger partial charge in [0, 0.05) is 16.3 Å². The van der Waals surface area contributed by atoms with Gasteiger partial charge in [0.25, 0.3) is 6.65 Å². The lowest BCUT2D eigenvalue weighted by atomic mass is 10.4. The summed E-state index contributed by atoms with van der Waals surface area (Å²) in [7, 11) is 0. The van der Waals surface area contributed by atoms with Gasteiger partial charge in [-0.2, -0.15) is 0 Å². The van der Waals surface area contributed by atoms with Crippen molar-refractivity contribution in [1.29, 1.82) is 0 Å². The van der Waals surface area contributed by atoms with Crippen LogP contribution in [0.2, 0.25) is 0 Å². The van der Waals surface area contributed by atoms with E-state index in [2.05, 4.69) is 22.5 Å². The molecular formula is C14H14BrClNO2P. The molecule has 0 fully saturated rings. The Kier molecular flexibility index (Phi) is 5.28. The SMILES string of the molecule is C=C(Br)CN(Cc1ccco1)P(=O)(Cl)c1ccccc1. The lowest BCUT2D eigenvalue weighted by molar-refractivity contribution is 0.394. The van der Waals surface area contributed by atoms with Crippen molar-refractivity contribution in [3.8, 4) is 0 Å². The number of benzene rings is 1. The molecule has 0 aliphatic rings. The van der Waals surface area contributed by atoms with Gasteiger partial charge in [0.15, 0.2) is 0 Å². The first kappa shape index (κ1) is 15.6. The Balaban J connectivity index is 2.30. The Bertz CT molecular complexity index is 615. The molecule has 0 aliphatic carbocycles. The zero-order valence-corrected chi connectivity index (χ0v) is 13.9. The smallest absolute Gasteiger partial charge is 0.264 e. The highest BCUT2D eigenvalue weighted by Gasteiger charge is 2.31. The minimum Gasteiger partial charge on any atom is -0.468 e. The Labute approximate surface area is 131 Å². The van der Waals surface area contributed by atoms with Crippen LogP contribution in [0, 0.1) is 0 Å². The van der Waals surface area contributed by atoms with Gasteiger partial charge in [-0.05, 0) is 35.5 Å². The van der Waals surface area contributed by atoms with Gasteiger partial charge in [-0.25, -0.2) is 4.67 Å². The van der Waals surface area contributed by atoms with E-state index in [1.165, 1.54) is 0 Å². The van der Waals surface area contributed by atoms with E-state index in [4.69, 9.17) is 15.7 Å². The van der Waals surface area contributed by atoms with Crippen molar-refractivity contribution < 1.29 is 8.98 Å². The molecule has 1 aromatic carbocycles. The topological polar surface area (TPSA) is 33.5 Å². The summed E-state index contributed by atoms with van der Waals surface area (Å²) in [5.41, 5.74) is 0. The molecule has 0 radical (unpaired) electrons. The predicted octanol–water partition coefficient (Wildman–Crippen LogP) is 4.75. The summed E-state index contributed by atoms with van der Waals surface area (Å²) in [5.74, 6) is 0.704. The molecule has 6 heteroatoms. The van der Waals surface area contributed by atoms with Crippen LogP contribution in [-0.2, 0) is 11.1 Å². The molecule has 2 aromatic rings. The lowest BCUT2D eigenvalue weighted by Crippen LogP contribution is -2.24. The minimum absolute atomic E-state index is 0.354. The average molecular weight is 375 g/mol. The average Bonchev–Trinajstić information content (AvgIpc) is 2.91. The van der Waals surface area contributed by atoms with Crippen LogP contribution in [-0.4, -0.2) is 11.2 Å². The van der Waals surface area contributed by atoms with Crippen molar-refractivity contribution in [1.82, 2.24) is 4.67 Å². The molecule has 0 N–H and O–H groups in total.